The summed E-state index contributed by atoms with van der Waals surface area (Å²) in [5, 5.41) is 8.80. The zero-order chi connectivity index (χ0) is 14.7. The van der Waals surface area contributed by atoms with E-state index in [9.17, 15) is 4.79 Å². The summed E-state index contributed by atoms with van der Waals surface area (Å²) in [6, 6.07) is 9.38. The molecule has 2 rings (SSSR count). The summed E-state index contributed by atoms with van der Waals surface area (Å²) in [5.74, 6) is 0.177. The second-order valence-corrected chi connectivity index (χ2v) is 5.78. The largest absolute Gasteiger partial charge is 0.334 e. The van der Waals surface area contributed by atoms with E-state index in [4.69, 9.17) is 11.0 Å². The number of hydrogen-bond donors (Lipinski definition) is 1. The van der Waals surface area contributed by atoms with Gasteiger partial charge in [0, 0.05) is 12.6 Å². The zero-order valence-electron chi connectivity index (χ0n) is 12.0. The van der Waals surface area contributed by atoms with Crippen molar-refractivity contribution in [2.45, 2.75) is 45.3 Å². The van der Waals surface area contributed by atoms with E-state index < -0.39 is 6.04 Å². The fourth-order valence-corrected chi connectivity index (χ4v) is 2.13. The van der Waals surface area contributed by atoms with E-state index in [1.54, 1.807) is 12.1 Å². The first-order chi connectivity index (χ1) is 9.52. The van der Waals surface area contributed by atoms with Crippen LogP contribution in [0.5, 0.6) is 0 Å². The van der Waals surface area contributed by atoms with E-state index in [1.165, 1.54) is 0 Å². The fourth-order valence-electron chi connectivity index (χ4n) is 2.13. The molecule has 1 atom stereocenters. The minimum Gasteiger partial charge on any atom is -0.334 e. The third-order valence-corrected chi connectivity index (χ3v) is 3.71. The summed E-state index contributed by atoms with van der Waals surface area (Å²) < 4.78 is 0. The first kappa shape index (κ1) is 14.5. The fraction of sp³-hybridized carbons (Fsp3) is 0.500. The molecule has 2 N–H and O–H groups in total. The predicted octanol–water partition coefficient (Wildman–Crippen LogP) is 2.03. The molecule has 0 aliphatic heterocycles. The third-order valence-electron chi connectivity index (χ3n) is 3.71. The molecule has 20 heavy (non-hydrogen) atoms. The summed E-state index contributed by atoms with van der Waals surface area (Å²) in [6.45, 7) is 4.51. The van der Waals surface area contributed by atoms with Gasteiger partial charge in [-0.1, -0.05) is 26.0 Å². The number of nitrogens with two attached hydrogens (primary N) is 1. The Morgan fingerprint density at radius 2 is 2.00 bits per heavy atom. The Hall–Kier alpha value is -1.86. The van der Waals surface area contributed by atoms with Gasteiger partial charge in [-0.05, 0) is 36.5 Å². The molecule has 1 aliphatic carbocycles. The number of nitriles is 1. The minimum atomic E-state index is -0.436. The van der Waals surface area contributed by atoms with Crippen LogP contribution in [0.3, 0.4) is 0 Å². The van der Waals surface area contributed by atoms with Crippen LogP contribution in [0.2, 0.25) is 0 Å². The Morgan fingerprint density at radius 1 is 1.40 bits per heavy atom. The lowest BCUT2D eigenvalue weighted by Gasteiger charge is -2.27. The van der Waals surface area contributed by atoms with E-state index in [1.807, 2.05) is 30.9 Å². The van der Waals surface area contributed by atoms with Crippen LogP contribution in [0, 0.1) is 17.2 Å². The number of carbonyl (C=O) groups is 1. The molecule has 1 aliphatic rings. The Labute approximate surface area is 120 Å². The minimum absolute atomic E-state index is 0.0341. The third kappa shape index (κ3) is 3.37. The molecule has 1 unspecified atom stereocenters. The van der Waals surface area contributed by atoms with Crippen molar-refractivity contribution in [3.63, 3.8) is 0 Å². The van der Waals surface area contributed by atoms with Crippen LogP contribution in [0.15, 0.2) is 24.3 Å². The summed E-state index contributed by atoms with van der Waals surface area (Å²) in [4.78, 5) is 14.3. The lowest BCUT2D eigenvalue weighted by molar-refractivity contribution is -0.134. The molecule has 106 valence electrons. The van der Waals surface area contributed by atoms with Crippen molar-refractivity contribution in [1.29, 1.82) is 5.26 Å². The molecule has 0 aromatic heterocycles. The van der Waals surface area contributed by atoms with Crippen LogP contribution >= 0.6 is 0 Å². The summed E-state index contributed by atoms with van der Waals surface area (Å²) in [5.41, 5.74) is 7.67. The van der Waals surface area contributed by atoms with E-state index in [-0.39, 0.29) is 11.8 Å². The van der Waals surface area contributed by atoms with E-state index in [0.29, 0.717) is 18.2 Å². The number of hydrogen-bond acceptors (Lipinski definition) is 3. The van der Waals surface area contributed by atoms with Gasteiger partial charge in [0.05, 0.1) is 17.7 Å². The number of rotatable bonds is 5. The normalized spacial score (nSPS) is 15.8. The lowest BCUT2D eigenvalue weighted by atomic mass is 10.0. The highest BCUT2D eigenvalue weighted by Crippen LogP contribution is 2.29. The lowest BCUT2D eigenvalue weighted by Crippen LogP contribution is -2.47. The maximum atomic E-state index is 12.4. The molecule has 1 aromatic rings. The van der Waals surface area contributed by atoms with Gasteiger partial charge in [-0.25, -0.2) is 0 Å². The number of nitrogens with zero attached hydrogens (tertiary/aromatic N) is 2. The predicted molar refractivity (Wildman–Crippen MR) is 77.5 cm³/mol. The number of benzene rings is 1. The molecule has 0 spiro atoms. The van der Waals surface area contributed by atoms with Crippen molar-refractivity contribution < 1.29 is 4.79 Å². The molecule has 1 amide bonds. The molecule has 0 radical (unpaired) electrons. The highest BCUT2D eigenvalue weighted by molar-refractivity contribution is 5.82. The number of carbonyl (C=O) groups excluding carboxylic acids is 1. The summed E-state index contributed by atoms with van der Waals surface area (Å²) in [7, 11) is 0. The molecular weight excluding hydrogens is 250 g/mol. The molecule has 0 saturated heterocycles. The Kier molecular flexibility index (Phi) is 4.41. The molecule has 0 bridgehead atoms. The first-order valence-electron chi connectivity index (χ1n) is 7.08. The van der Waals surface area contributed by atoms with Gasteiger partial charge in [-0.2, -0.15) is 5.26 Å². The second kappa shape index (κ2) is 6.06. The second-order valence-electron chi connectivity index (χ2n) is 5.78. The average molecular weight is 271 g/mol. The van der Waals surface area contributed by atoms with Gasteiger partial charge in [0.2, 0.25) is 5.91 Å². The van der Waals surface area contributed by atoms with Crippen LogP contribution < -0.4 is 5.73 Å². The van der Waals surface area contributed by atoms with Crippen LogP contribution in [0.4, 0.5) is 0 Å². The first-order valence-corrected chi connectivity index (χ1v) is 7.08. The maximum Gasteiger partial charge on any atom is 0.240 e. The molecule has 1 fully saturated rings. The van der Waals surface area contributed by atoms with Crippen molar-refractivity contribution in [1.82, 2.24) is 4.90 Å². The smallest absolute Gasteiger partial charge is 0.240 e. The molecule has 1 saturated carbocycles. The average Bonchev–Trinajstić information content (AvgIpc) is 3.28. The SMILES string of the molecule is CC(C)C(N)C(=O)N(Cc1ccc(C#N)cc1)C1CC1. The van der Waals surface area contributed by atoms with Crippen molar-refractivity contribution in [3.05, 3.63) is 35.4 Å². The van der Waals surface area contributed by atoms with Crippen molar-refractivity contribution in [2.75, 3.05) is 0 Å². The zero-order valence-corrected chi connectivity index (χ0v) is 12.0. The summed E-state index contributed by atoms with van der Waals surface area (Å²) >= 11 is 0. The van der Waals surface area contributed by atoms with Crippen LogP contribution in [0.1, 0.15) is 37.8 Å². The molecule has 1 aromatic carbocycles. The van der Waals surface area contributed by atoms with Crippen LogP contribution in [-0.4, -0.2) is 22.9 Å². The van der Waals surface area contributed by atoms with Gasteiger partial charge in [0.1, 0.15) is 0 Å². The maximum absolute atomic E-state index is 12.4. The van der Waals surface area contributed by atoms with Crippen LogP contribution in [0.25, 0.3) is 0 Å². The van der Waals surface area contributed by atoms with Gasteiger partial charge < -0.3 is 10.6 Å². The van der Waals surface area contributed by atoms with Crippen molar-refractivity contribution in [2.24, 2.45) is 11.7 Å². The quantitative estimate of drug-likeness (QED) is 0.890. The monoisotopic (exact) mass is 271 g/mol. The standard InChI is InChI=1S/C16H21N3O/c1-11(2)15(18)16(20)19(14-7-8-14)10-13-5-3-12(9-17)4-6-13/h3-6,11,14-15H,7-8,10,18H2,1-2H3. The summed E-state index contributed by atoms with van der Waals surface area (Å²) in [6.07, 6.45) is 2.12. The van der Waals surface area contributed by atoms with Gasteiger partial charge in [0.25, 0.3) is 0 Å². The molecule has 4 nitrogen and oxygen atoms in total. The molecular formula is C16H21N3O. The highest BCUT2D eigenvalue weighted by atomic mass is 16.2. The van der Waals surface area contributed by atoms with E-state index >= 15 is 0 Å². The van der Waals surface area contributed by atoms with Gasteiger partial charge in [-0.3, -0.25) is 4.79 Å². The van der Waals surface area contributed by atoms with Gasteiger partial charge in [-0.15, -0.1) is 0 Å². The van der Waals surface area contributed by atoms with Crippen LogP contribution in [-0.2, 0) is 11.3 Å². The van der Waals surface area contributed by atoms with Crippen molar-refractivity contribution >= 4 is 5.91 Å². The van der Waals surface area contributed by atoms with E-state index in [0.717, 1.165) is 18.4 Å². The highest BCUT2D eigenvalue weighted by Gasteiger charge is 2.35. The Bertz CT molecular complexity index is 512. The number of amides is 1. The van der Waals surface area contributed by atoms with Gasteiger partial charge in [0.15, 0.2) is 0 Å². The molecule has 0 heterocycles. The Balaban J connectivity index is 2.09. The van der Waals surface area contributed by atoms with Crippen molar-refractivity contribution in [3.8, 4) is 6.07 Å². The Morgan fingerprint density at radius 3 is 2.45 bits per heavy atom. The van der Waals surface area contributed by atoms with E-state index in [2.05, 4.69) is 6.07 Å². The van der Waals surface area contributed by atoms with Gasteiger partial charge >= 0.3 is 0 Å². The molecule has 4 heteroatoms. The topological polar surface area (TPSA) is 70.1 Å².